The fourth-order valence-electron chi connectivity index (χ4n) is 1.10. The highest BCUT2D eigenvalue weighted by Gasteiger charge is 2.11. The number of aliphatic hydroxyl groups excluding tert-OH is 1. The fraction of sp³-hybridized carbons (Fsp3) is 0.364. The average molecular weight is 354 g/mol. The van der Waals surface area contributed by atoms with Crippen LogP contribution in [0.4, 0.5) is 0 Å². The van der Waals surface area contributed by atoms with Crippen molar-refractivity contribution in [2.45, 2.75) is 6.92 Å². The maximum atomic E-state index is 11.8. The summed E-state index contributed by atoms with van der Waals surface area (Å²) in [6.07, 6.45) is 0. The second-order valence-corrected chi connectivity index (χ2v) is 5.22. The summed E-state index contributed by atoms with van der Waals surface area (Å²) in [5.41, 5.74) is 0.568. The van der Waals surface area contributed by atoms with Gasteiger partial charge in [0.2, 0.25) is 0 Å². The van der Waals surface area contributed by atoms with Crippen LogP contribution < -0.4 is 5.32 Å². The number of aliphatic hydroxyl groups is 1. The van der Waals surface area contributed by atoms with Gasteiger partial charge in [0, 0.05) is 21.7 Å². The summed E-state index contributed by atoms with van der Waals surface area (Å²) in [6.45, 7) is 2.38. The van der Waals surface area contributed by atoms with E-state index in [4.69, 9.17) is 16.7 Å². The molecule has 0 radical (unpaired) electrons. The summed E-state index contributed by atoms with van der Waals surface area (Å²) >= 11 is 7.92. The van der Waals surface area contributed by atoms with Crippen LogP contribution in [0.3, 0.4) is 0 Å². The van der Waals surface area contributed by atoms with E-state index in [1.807, 2.05) is 6.92 Å². The SMILES string of the molecule is CC(CO)CNC(=O)c1cc(Cl)ccc1I. The van der Waals surface area contributed by atoms with Crippen LogP contribution in [0.15, 0.2) is 18.2 Å². The minimum absolute atomic E-state index is 0.0563. The highest BCUT2D eigenvalue weighted by atomic mass is 127. The molecule has 0 aliphatic rings. The van der Waals surface area contributed by atoms with Crippen LogP contribution in [0, 0.1) is 9.49 Å². The molecule has 0 bridgehead atoms. The Labute approximate surface area is 113 Å². The first-order valence-electron chi connectivity index (χ1n) is 4.88. The van der Waals surface area contributed by atoms with Gasteiger partial charge in [-0.25, -0.2) is 0 Å². The van der Waals surface area contributed by atoms with Gasteiger partial charge in [0.1, 0.15) is 0 Å². The Kier molecular flexibility index (Phi) is 5.51. The summed E-state index contributed by atoms with van der Waals surface area (Å²) in [5.74, 6) is -0.104. The molecule has 0 spiro atoms. The molecule has 1 aromatic rings. The maximum Gasteiger partial charge on any atom is 0.252 e. The minimum atomic E-state index is -0.160. The molecule has 0 aliphatic heterocycles. The fourth-order valence-corrected chi connectivity index (χ4v) is 1.85. The van der Waals surface area contributed by atoms with Crippen LogP contribution >= 0.6 is 34.2 Å². The molecule has 0 saturated carbocycles. The number of amides is 1. The van der Waals surface area contributed by atoms with Crippen LogP contribution in [0.1, 0.15) is 17.3 Å². The molecule has 2 N–H and O–H groups in total. The van der Waals surface area contributed by atoms with Gasteiger partial charge >= 0.3 is 0 Å². The van der Waals surface area contributed by atoms with Gasteiger partial charge in [-0.05, 0) is 46.7 Å². The molecule has 88 valence electrons. The van der Waals surface area contributed by atoms with Crippen molar-refractivity contribution in [3.05, 3.63) is 32.4 Å². The summed E-state index contributed by atoms with van der Waals surface area (Å²) in [4.78, 5) is 11.8. The summed E-state index contributed by atoms with van der Waals surface area (Å²) in [7, 11) is 0. The number of nitrogens with one attached hydrogen (secondary N) is 1. The highest BCUT2D eigenvalue weighted by Crippen LogP contribution is 2.17. The van der Waals surface area contributed by atoms with Crippen molar-refractivity contribution in [3.63, 3.8) is 0 Å². The largest absolute Gasteiger partial charge is 0.396 e. The number of hydrogen-bond donors (Lipinski definition) is 2. The molecule has 16 heavy (non-hydrogen) atoms. The lowest BCUT2D eigenvalue weighted by atomic mass is 10.2. The van der Waals surface area contributed by atoms with Crippen LogP contribution in [-0.2, 0) is 0 Å². The van der Waals surface area contributed by atoms with E-state index in [1.54, 1.807) is 18.2 Å². The third kappa shape index (κ3) is 3.92. The summed E-state index contributed by atoms with van der Waals surface area (Å²) in [6, 6.07) is 5.19. The van der Waals surface area contributed by atoms with Gasteiger partial charge in [0.25, 0.3) is 5.91 Å². The van der Waals surface area contributed by atoms with Crippen LogP contribution in [0.25, 0.3) is 0 Å². The Balaban J connectivity index is 2.69. The molecule has 0 heterocycles. The zero-order chi connectivity index (χ0) is 12.1. The topological polar surface area (TPSA) is 49.3 Å². The van der Waals surface area contributed by atoms with Crippen molar-refractivity contribution in [1.82, 2.24) is 5.32 Å². The van der Waals surface area contributed by atoms with E-state index in [1.165, 1.54) is 0 Å². The molecule has 1 rings (SSSR count). The first-order chi connectivity index (χ1) is 7.54. The lowest BCUT2D eigenvalue weighted by Crippen LogP contribution is -2.30. The van der Waals surface area contributed by atoms with Crippen molar-refractivity contribution < 1.29 is 9.90 Å². The van der Waals surface area contributed by atoms with Crippen molar-refractivity contribution in [2.75, 3.05) is 13.2 Å². The van der Waals surface area contributed by atoms with Gasteiger partial charge in [0.05, 0.1) is 5.56 Å². The predicted octanol–water partition coefficient (Wildman–Crippen LogP) is 2.30. The molecule has 5 heteroatoms. The molecular weight excluding hydrogens is 340 g/mol. The zero-order valence-corrected chi connectivity index (χ0v) is 11.7. The number of benzene rings is 1. The first kappa shape index (κ1) is 13.7. The molecule has 3 nitrogen and oxygen atoms in total. The van der Waals surface area contributed by atoms with Crippen molar-refractivity contribution in [2.24, 2.45) is 5.92 Å². The molecule has 0 saturated heterocycles. The van der Waals surface area contributed by atoms with Gasteiger partial charge in [-0.1, -0.05) is 18.5 Å². The lowest BCUT2D eigenvalue weighted by molar-refractivity contribution is 0.0941. The number of carbonyl (C=O) groups excluding carboxylic acids is 1. The van der Waals surface area contributed by atoms with Crippen molar-refractivity contribution in [1.29, 1.82) is 0 Å². The Morgan fingerprint density at radius 2 is 2.31 bits per heavy atom. The Bertz CT molecular complexity index is 384. The number of hydrogen-bond acceptors (Lipinski definition) is 2. The molecule has 1 amide bonds. The second-order valence-electron chi connectivity index (χ2n) is 3.62. The monoisotopic (exact) mass is 353 g/mol. The normalized spacial score (nSPS) is 12.2. The molecule has 0 aromatic heterocycles. The standard InChI is InChI=1S/C11H13ClINO2/c1-7(6-15)5-14-11(16)9-4-8(12)2-3-10(9)13/h2-4,7,15H,5-6H2,1H3,(H,14,16). The Morgan fingerprint density at radius 3 is 2.94 bits per heavy atom. The van der Waals surface area contributed by atoms with Gasteiger partial charge in [0.15, 0.2) is 0 Å². The number of rotatable bonds is 4. The number of halogens is 2. The lowest BCUT2D eigenvalue weighted by Gasteiger charge is -2.10. The highest BCUT2D eigenvalue weighted by molar-refractivity contribution is 14.1. The van der Waals surface area contributed by atoms with E-state index in [-0.39, 0.29) is 18.4 Å². The maximum absolute atomic E-state index is 11.8. The van der Waals surface area contributed by atoms with Crippen LogP contribution in [-0.4, -0.2) is 24.2 Å². The van der Waals surface area contributed by atoms with E-state index >= 15 is 0 Å². The molecule has 1 unspecified atom stereocenters. The molecular formula is C11H13ClINO2. The summed E-state index contributed by atoms with van der Waals surface area (Å²) < 4.78 is 0.858. The molecule has 1 aromatic carbocycles. The Morgan fingerprint density at radius 1 is 1.62 bits per heavy atom. The van der Waals surface area contributed by atoms with E-state index < -0.39 is 0 Å². The quantitative estimate of drug-likeness (QED) is 0.816. The van der Waals surface area contributed by atoms with Crippen LogP contribution in [0.5, 0.6) is 0 Å². The van der Waals surface area contributed by atoms with Gasteiger partial charge in [-0.3, -0.25) is 4.79 Å². The summed E-state index contributed by atoms with van der Waals surface area (Å²) in [5, 5.41) is 12.1. The number of carbonyl (C=O) groups is 1. The molecule has 1 atom stereocenters. The van der Waals surface area contributed by atoms with Crippen LogP contribution in [0.2, 0.25) is 5.02 Å². The van der Waals surface area contributed by atoms with Crippen molar-refractivity contribution in [3.8, 4) is 0 Å². The van der Waals surface area contributed by atoms with E-state index in [0.29, 0.717) is 17.1 Å². The van der Waals surface area contributed by atoms with Gasteiger partial charge in [-0.2, -0.15) is 0 Å². The molecule has 0 fully saturated rings. The Hall–Kier alpha value is -0.330. The smallest absolute Gasteiger partial charge is 0.252 e. The zero-order valence-electron chi connectivity index (χ0n) is 8.84. The predicted molar refractivity (Wildman–Crippen MR) is 72.8 cm³/mol. The minimum Gasteiger partial charge on any atom is -0.396 e. The van der Waals surface area contributed by atoms with E-state index in [2.05, 4.69) is 27.9 Å². The third-order valence-corrected chi connectivity index (χ3v) is 3.27. The first-order valence-corrected chi connectivity index (χ1v) is 6.34. The third-order valence-electron chi connectivity index (χ3n) is 2.10. The average Bonchev–Trinajstić information content (AvgIpc) is 2.28. The van der Waals surface area contributed by atoms with E-state index in [9.17, 15) is 4.79 Å². The second kappa shape index (κ2) is 6.42. The van der Waals surface area contributed by atoms with Gasteiger partial charge < -0.3 is 10.4 Å². The van der Waals surface area contributed by atoms with Crippen molar-refractivity contribution >= 4 is 40.1 Å². The van der Waals surface area contributed by atoms with E-state index in [0.717, 1.165) is 3.57 Å². The van der Waals surface area contributed by atoms with Gasteiger partial charge in [-0.15, -0.1) is 0 Å². The molecule has 0 aliphatic carbocycles.